The Hall–Kier alpha value is -2.75. The molecule has 0 atom stereocenters. The van der Waals surface area contributed by atoms with Crippen molar-refractivity contribution >= 4 is 5.91 Å². The predicted octanol–water partition coefficient (Wildman–Crippen LogP) is 0.753. The first-order chi connectivity index (χ1) is 8.74. The summed E-state index contributed by atoms with van der Waals surface area (Å²) in [5, 5.41) is 14.7. The van der Waals surface area contributed by atoms with E-state index in [0.717, 1.165) is 0 Å². The van der Waals surface area contributed by atoms with Crippen molar-refractivity contribution in [3.05, 3.63) is 29.7 Å². The molecule has 7 nitrogen and oxygen atoms in total. The van der Waals surface area contributed by atoms with E-state index in [4.69, 9.17) is 9.78 Å². The Bertz CT molecular complexity index is 597. The molecular formula is C11H9N5O2. The van der Waals surface area contributed by atoms with Crippen LogP contribution in [0.25, 0.3) is 11.6 Å². The van der Waals surface area contributed by atoms with E-state index < -0.39 is 5.91 Å². The highest BCUT2D eigenvalue weighted by Gasteiger charge is 2.15. The Morgan fingerprint density at radius 3 is 3.00 bits per heavy atom. The molecule has 18 heavy (non-hydrogen) atoms. The molecule has 0 aromatic carbocycles. The van der Waals surface area contributed by atoms with Crippen molar-refractivity contribution in [1.29, 1.82) is 5.26 Å². The number of hydrogen-bond donors (Lipinski definition) is 1. The van der Waals surface area contributed by atoms with Crippen LogP contribution in [-0.4, -0.2) is 27.6 Å². The predicted molar refractivity (Wildman–Crippen MR) is 60.3 cm³/mol. The Balaban J connectivity index is 2.24. The van der Waals surface area contributed by atoms with Gasteiger partial charge in [0.1, 0.15) is 11.8 Å². The van der Waals surface area contributed by atoms with Crippen LogP contribution in [0, 0.1) is 11.3 Å². The lowest BCUT2D eigenvalue weighted by Gasteiger charge is -1.94. The summed E-state index contributed by atoms with van der Waals surface area (Å²) in [7, 11) is 0. The van der Waals surface area contributed by atoms with Crippen LogP contribution in [0.5, 0.6) is 0 Å². The van der Waals surface area contributed by atoms with Crippen LogP contribution < -0.4 is 5.32 Å². The number of carbonyl (C=O) groups is 1. The molecule has 7 heteroatoms. The Labute approximate surface area is 102 Å². The Morgan fingerprint density at radius 2 is 2.39 bits per heavy atom. The SMILES string of the molecule is CCNC(=O)c1noc(-c2ccc(C#N)cn2)n1. The number of hydrogen-bond acceptors (Lipinski definition) is 6. The summed E-state index contributed by atoms with van der Waals surface area (Å²) < 4.78 is 4.92. The van der Waals surface area contributed by atoms with Crippen LogP contribution >= 0.6 is 0 Å². The second-order valence-corrected chi connectivity index (χ2v) is 3.33. The second-order valence-electron chi connectivity index (χ2n) is 3.33. The van der Waals surface area contributed by atoms with E-state index in [9.17, 15) is 4.79 Å². The molecule has 2 heterocycles. The lowest BCUT2D eigenvalue weighted by atomic mass is 10.3. The van der Waals surface area contributed by atoms with E-state index in [0.29, 0.717) is 17.8 Å². The van der Waals surface area contributed by atoms with Gasteiger partial charge in [-0.15, -0.1) is 0 Å². The lowest BCUT2D eigenvalue weighted by molar-refractivity contribution is 0.0942. The molecule has 0 saturated heterocycles. The Kier molecular flexibility index (Phi) is 3.29. The van der Waals surface area contributed by atoms with Crippen molar-refractivity contribution in [2.75, 3.05) is 6.54 Å². The molecule has 0 bridgehead atoms. The van der Waals surface area contributed by atoms with Crippen molar-refractivity contribution in [3.8, 4) is 17.7 Å². The van der Waals surface area contributed by atoms with Gasteiger partial charge < -0.3 is 9.84 Å². The van der Waals surface area contributed by atoms with Gasteiger partial charge in [-0.25, -0.2) is 4.98 Å². The first-order valence-electron chi connectivity index (χ1n) is 5.23. The molecule has 0 fully saturated rings. The van der Waals surface area contributed by atoms with Crippen LogP contribution in [0.2, 0.25) is 0 Å². The first kappa shape index (κ1) is 11.7. The van der Waals surface area contributed by atoms with Crippen LogP contribution in [-0.2, 0) is 0 Å². The summed E-state index contributed by atoms with van der Waals surface area (Å²) in [5.74, 6) is -0.306. The number of rotatable bonds is 3. The third-order valence-corrected chi connectivity index (χ3v) is 2.08. The summed E-state index contributed by atoms with van der Waals surface area (Å²) in [6.07, 6.45) is 1.39. The van der Waals surface area contributed by atoms with Gasteiger partial charge in [0.15, 0.2) is 0 Å². The number of pyridine rings is 1. The zero-order valence-corrected chi connectivity index (χ0v) is 9.54. The summed E-state index contributed by atoms with van der Waals surface area (Å²) in [5.41, 5.74) is 0.847. The van der Waals surface area contributed by atoms with Gasteiger partial charge in [-0.2, -0.15) is 10.2 Å². The van der Waals surface area contributed by atoms with Gasteiger partial charge >= 0.3 is 0 Å². The van der Waals surface area contributed by atoms with Crippen molar-refractivity contribution < 1.29 is 9.32 Å². The molecule has 0 unspecified atom stereocenters. The molecule has 0 aliphatic rings. The summed E-state index contributed by atoms with van der Waals surface area (Å²) in [6.45, 7) is 2.28. The van der Waals surface area contributed by atoms with E-state index in [1.165, 1.54) is 6.20 Å². The smallest absolute Gasteiger partial charge is 0.292 e. The third-order valence-electron chi connectivity index (χ3n) is 2.08. The molecule has 0 radical (unpaired) electrons. The van der Waals surface area contributed by atoms with Crippen molar-refractivity contribution in [3.63, 3.8) is 0 Å². The number of amides is 1. The first-order valence-corrected chi connectivity index (χ1v) is 5.23. The van der Waals surface area contributed by atoms with Crippen LogP contribution in [0.15, 0.2) is 22.9 Å². The molecule has 0 saturated carbocycles. The minimum Gasteiger partial charge on any atom is -0.349 e. The highest BCUT2D eigenvalue weighted by molar-refractivity contribution is 5.90. The van der Waals surface area contributed by atoms with Crippen molar-refractivity contribution in [2.24, 2.45) is 0 Å². The maximum absolute atomic E-state index is 11.4. The van der Waals surface area contributed by atoms with Crippen molar-refractivity contribution in [2.45, 2.75) is 6.92 Å². The minimum absolute atomic E-state index is 0.0435. The topological polar surface area (TPSA) is 105 Å². The van der Waals surface area contributed by atoms with Gasteiger partial charge in [-0.3, -0.25) is 4.79 Å². The van der Waals surface area contributed by atoms with E-state index in [1.54, 1.807) is 19.1 Å². The molecule has 1 amide bonds. The standard InChI is InChI=1S/C11H9N5O2/c1-2-13-10(17)9-15-11(18-16-9)8-4-3-7(5-12)6-14-8/h3-4,6H,2H2,1H3,(H,13,17). The third kappa shape index (κ3) is 2.32. The number of aromatic nitrogens is 3. The average molecular weight is 243 g/mol. The van der Waals surface area contributed by atoms with Crippen LogP contribution in [0.4, 0.5) is 0 Å². The van der Waals surface area contributed by atoms with E-state index in [-0.39, 0.29) is 11.7 Å². The van der Waals surface area contributed by atoms with Crippen LogP contribution in [0.3, 0.4) is 0 Å². The number of carbonyl (C=O) groups excluding carboxylic acids is 1. The molecule has 2 aromatic rings. The van der Waals surface area contributed by atoms with Gasteiger partial charge in [0.25, 0.3) is 17.6 Å². The molecular weight excluding hydrogens is 234 g/mol. The number of nitriles is 1. The van der Waals surface area contributed by atoms with Crippen molar-refractivity contribution in [1.82, 2.24) is 20.4 Å². The molecule has 90 valence electrons. The monoisotopic (exact) mass is 243 g/mol. The van der Waals surface area contributed by atoms with Gasteiger partial charge in [0.05, 0.1) is 5.56 Å². The van der Waals surface area contributed by atoms with Gasteiger partial charge in [-0.1, -0.05) is 5.16 Å². The molecule has 2 aromatic heterocycles. The fourth-order valence-electron chi connectivity index (χ4n) is 1.25. The van der Waals surface area contributed by atoms with E-state index >= 15 is 0 Å². The molecule has 1 N–H and O–H groups in total. The second kappa shape index (κ2) is 5.05. The largest absolute Gasteiger partial charge is 0.349 e. The molecule has 2 rings (SSSR count). The summed E-state index contributed by atoms with van der Waals surface area (Å²) >= 11 is 0. The normalized spacial score (nSPS) is 9.78. The zero-order valence-electron chi connectivity index (χ0n) is 9.54. The molecule has 0 spiro atoms. The summed E-state index contributed by atoms with van der Waals surface area (Å²) in [6, 6.07) is 5.11. The minimum atomic E-state index is -0.402. The molecule has 0 aliphatic carbocycles. The average Bonchev–Trinajstić information content (AvgIpc) is 2.89. The molecule has 0 aliphatic heterocycles. The fourth-order valence-corrected chi connectivity index (χ4v) is 1.25. The quantitative estimate of drug-likeness (QED) is 0.852. The maximum Gasteiger partial charge on any atom is 0.292 e. The number of nitrogens with one attached hydrogen (secondary N) is 1. The zero-order chi connectivity index (χ0) is 13.0. The van der Waals surface area contributed by atoms with Crippen LogP contribution in [0.1, 0.15) is 23.1 Å². The highest BCUT2D eigenvalue weighted by atomic mass is 16.5. The highest BCUT2D eigenvalue weighted by Crippen LogP contribution is 2.14. The number of nitrogens with zero attached hydrogens (tertiary/aromatic N) is 4. The van der Waals surface area contributed by atoms with Gasteiger partial charge in [0.2, 0.25) is 0 Å². The van der Waals surface area contributed by atoms with Gasteiger partial charge in [0, 0.05) is 12.7 Å². The fraction of sp³-hybridized carbons (Fsp3) is 0.182. The van der Waals surface area contributed by atoms with E-state index in [2.05, 4.69) is 20.4 Å². The van der Waals surface area contributed by atoms with E-state index in [1.807, 2.05) is 6.07 Å². The maximum atomic E-state index is 11.4. The lowest BCUT2D eigenvalue weighted by Crippen LogP contribution is -2.23. The van der Waals surface area contributed by atoms with Gasteiger partial charge in [-0.05, 0) is 19.1 Å². The summed E-state index contributed by atoms with van der Waals surface area (Å²) in [4.78, 5) is 19.3. The Morgan fingerprint density at radius 1 is 1.56 bits per heavy atom.